The van der Waals surface area contributed by atoms with Gasteiger partial charge in [-0.2, -0.15) is 5.26 Å². The molecule has 1 aromatic carbocycles. The van der Waals surface area contributed by atoms with E-state index in [1.165, 1.54) is 16.2 Å². The van der Waals surface area contributed by atoms with Gasteiger partial charge in [-0.05, 0) is 56.5 Å². The van der Waals surface area contributed by atoms with Crippen molar-refractivity contribution >= 4 is 28.6 Å². The van der Waals surface area contributed by atoms with Crippen LogP contribution in [0.3, 0.4) is 0 Å². The first-order valence-corrected chi connectivity index (χ1v) is 12.2. The molecule has 3 saturated heterocycles. The third-order valence-corrected chi connectivity index (χ3v) is 7.51. The second kappa shape index (κ2) is 9.00. The van der Waals surface area contributed by atoms with E-state index < -0.39 is 6.09 Å². The number of benzene rings is 1. The Morgan fingerprint density at radius 2 is 1.74 bits per heavy atom. The fourth-order valence-electron chi connectivity index (χ4n) is 4.94. The summed E-state index contributed by atoms with van der Waals surface area (Å²) >= 11 is 1.37. The molecule has 10 heteroatoms. The Bertz CT molecular complexity index is 1340. The van der Waals surface area contributed by atoms with Gasteiger partial charge in [-0.25, -0.2) is 14.6 Å². The van der Waals surface area contributed by atoms with E-state index in [0.29, 0.717) is 29.5 Å². The molecular formula is C25H24N6O3S. The zero-order chi connectivity index (χ0) is 24.7. The predicted molar refractivity (Wildman–Crippen MR) is 132 cm³/mol. The Labute approximate surface area is 206 Å². The van der Waals surface area contributed by atoms with Crippen LogP contribution in [-0.4, -0.2) is 62.2 Å². The van der Waals surface area contributed by atoms with E-state index in [0.717, 1.165) is 40.2 Å². The third kappa shape index (κ3) is 4.42. The van der Waals surface area contributed by atoms with Crippen LogP contribution in [0.15, 0.2) is 36.4 Å². The Morgan fingerprint density at radius 3 is 2.37 bits per heavy atom. The number of anilines is 1. The number of urea groups is 1. The summed E-state index contributed by atoms with van der Waals surface area (Å²) < 4.78 is 0. The Kier molecular flexibility index (Phi) is 5.86. The first-order valence-electron chi connectivity index (χ1n) is 11.4. The van der Waals surface area contributed by atoms with E-state index in [2.05, 4.69) is 16.4 Å². The van der Waals surface area contributed by atoms with Crippen LogP contribution in [0.25, 0.3) is 21.7 Å². The highest BCUT2D eigenvalue weighted by Gasteiger charge is 2.43. The summed E-state index contributed by atoms with van der Waals surface area (Å²) in [5, 5.41) is 22.2. The van der Waals surface area contributed by atoms with Gasteiger partial charge in [-0.15, -0.1) is 0 Å². The number of carboxylic acid groups (broad SMARTS) is 1. The number of amides is 3. The van der Waals surface area contributed by atoms with E-state index in [-0.39, 0.29) is 18.1 Å². The number of nitrogens with one attached hydrogen (secondary N) is 1. The van der Waals surface area contributed by atoms with Crippen LogP contribution >= 0.6 is 11.3 Å². The highest BCUT2D eigenvalue weighted by atomic mass is 32.1. The smallest absolute Gasteiger partial charge is 0.407 e. The number of carbonyl (C=O) groups is 2. The summed E-state index contributed by atoms with van der Waals surface area (Å²) in [6, 6.07) is 12.8. The number of piperazine rings is 1. The number of fused-ring (bicyclic) bond motifs is 3. The summed E-state index contributed by atoms with van der Waals surface area (Å²) in [6.45, 7) is 4.57. The molecule has 0 saturated carbocycles. The number of hydrogen-bond acceptors (Lipinski definition) is 6. The van der Waals surface area contributed by atoms with Crippen molar-refractivity contribution in [1.82, 2.24) is 19.8 Å². The Hall–Kier alpha value is -3.97. The zero-order valence-electron chi connectivity index (χ0n) is 19.4. The first kappa shape index (κ1) is 22.8. The molecule has 2 aromatic heterocycles. The molecular weight excluding hydrogens is 464 g/mol. The van der Waals surface area contributed by atoms with Crippen molar-refractivity contribution in [2.45, 2.75) is 38.8 Å². The number of pyridine rings is 1. The molecule has 6 rings (SSSR count). The lowest BCUT2D eigenvalue weighted by Gasteiger charge is -2.50. The molecule has 2 bridgehead atoms. The molecule has 3 aliphatic heterocycles. The number of piperidine rings is 2. The van der Waals surface area contributed by atoms with Gasteiger partial charge in [-0.1, -0.05) is 23.5 Å². The van der Waals surface area contributed by atoms with Gasteiger partial charge in [0.2, 0.25) is 0 Å². The highest BCUT2D eigenvalue weighted by molar-refractivity contribution is 7.19. The molecule has 9 nitrogen and oxygen atoms in total. The van der Waals surface area contributed by atoms with Crippen LogP contribution in [0.5, 0.6) is 0 Å². The normalized spacial score (nSPS) is 18.9. The monoisotopic (exact) mass is 488 g/mol. The van der Waals surface area contributed by atoms with Crippen LogP contribution in [0.1, 0.15) is 29.8 Å². The van der Waals surface area contributed by atoms with Crippen molar-refractivity contribution in [1.29, 1.82) is 5.26 Å². The number of rotatable bonds is 3. The Balaban J connectivity index is 1.47. The van der Waals surface area contributed by atoms with Crippen molar-refractivity contribution in [3.8, 4) is 27.8 Å². The van der Waals surface area contributed by atoms with Crippen molar-refractivity contribution in [3.05, 3.63) is 53.3 Å². The first-order chi connectivity index (χ1) is 16.8. The van der Waals surface area contributed by atoms with Crippen molar-refractivity contribution in [2.24, 2.45) is 0 Å². The second-order valence-corrected chi connectivity index (χ2v) is 9.93. The van der Waals surface area contributed by atoms with Crippen molar-refractivity contribution < 1.29 is 14.7 Å². The lowest BCUT2D eigenvalue weighted by molar-refractivity contribution is 0.0119. The minimum atomic E-state index is -0.934. The third-order valence-electron chi connectivity index (χ3n) is 6.49. The molecule has 3 fully saturated rings. The van der Waals surface area contributed by atoms with E-state index >= 15 is 0 Å². The molecule has 0 unspecified atom stereocenters. The van der Waals surface area contributed by atoms with E-state index in [9.17, 15) is 20.0 Å². The molecule has 35 heavy (non-hydrogen) atoms. The summed E-state index contributed by atoms with van der Waals surface area (Å²) in [5.41, 5.74) is 4.70. The van der Waals surface area contributed by atoms with Gasteiger partial charge in [0.25, 0.3) is 0 Å². The van der Waals surface area contributed by atoms with Crippen LogP contribution in [0, 0.1) is 25.2 Å². The number of nitriles is 1. The fraction of sp³-hybridized carbons (Fsp3) is 0.320. The summed E-state index contributed by atoms with van der Waals surface area (Å²) in [5.74, 6) is 0. The largest absolute Gasteiger partial charge is 0.465 e. The number of aromatic nitrogens is 2. The molecule has 3 amide bonds. The molecule has 0 radical (unpaired) electrons. The molecule has 3 aliphatic rings. The number of carbonyl (C=O) groups excluding carboxylic acids is 1. The van der Waals surface area contributed by atoms with Crippen LogP contribution in [0.2, 0.25) is 0 Å². The summed E-state index contributed by atoms with van der Waals surface area (Å²) in [7, 11) is 0. The lowest BCUT2D eigenvalue weighted by atomic mass is 9.91. The van der Waals surface area contributed by atoms with Crippen LogP contribution in [0.4, 0.5) is 14.7 Å². The molecule has 0 aliphatic carbocycles. The maximum absolute atomic E-state index is 13.2. The minimum Gasteiger partial charge on any atom is -0.465 e. The average Bonchev–Trinajstić information content (AvgIpc) is 3.27. The summed E-state index contributed by atoms with van der Waals surface area (Å²) in [6.07, 6.45) is 0.617. The van der Waals surface area contributed by atoms with Crippen molar-refractivity contribution in [2.75, 3.05) is 18.4 Å². The average molecular weight is 489 g/mol. The second-order valence-electron chi connectivity index (χ2n) is 8.93. The zero-order valence-corrected chi connectivity index (χ0v) is 20.2. The Morgan fingerprint density at radius 1 is 1.06 bits per heavy atom. The van der Waals surface area contributed by atoms with E-state index in [1.807, 2.05) is 38.1 Å². The lowest BCUT2D eigenvalue weighted by Crippen LogP contribution is -2.65. The number of thiazole rings is 1. The maximum atomic E-state index is 13.2. The van der Waals surface area contributed by atoms with Crippen molar-refractivity contribution in [3.63, 3.8) is 0 Å². The molecule has 0 spiro atoms. The van der Waals surface area contributed by atoms with Gasteiger partial charge < -0.3 is 14.9 Å². The predicted octanol–water partition coefficient (Wildman–Crippen LogP) is 4.72. The topological polar surface area (TPSA) is 122 Å². The quantitative estimate of drug-likeness (QED) is 0.550. The van der Waals surface area contributed by atoms with Gasteiger partial charge in [0.05, 0.1) is 34.3 Å². The van der Waals surface area contributed by atoms with Crippen LogP contribution in [-0.2, 0) is 0 Å². The standard InChI is InChI=1S/C25H24N6O3S/c1-14-8-18(9-15(2)27-14)22-21(17-5-3-4-16(10-17)11-26)28-23(35-22)29-24(32)30-12-20-7-6-19(30)13-31(20)25(33)34/h3-5,8-10,19-20H,6-7,12-13H2,1-2H3,(H,33,34)(H,28,29,32)/t19-,20-/m1/s1. The summed E-state index contributed by atoms with van der Waals surface area (Å²) in [4.78, 5) is 38.0. The maximum Gasteiger partial charge on any atom is 0.407 e. The number of hydrogen-bond donors (Lipinski definition) is 2. The van der Waals surface area contributed by atoms with Crippen LogP contribution < -0.4 is 5.32 Å². The van der Waals surface area contributed by atoms with Gasteiger partial charge in [0.15, 0.2) is 5.13 Å². The molecule has 2 atom stereocenters. The minimum absolute atomic E-state index is 0.146. The number of nitrogens with zero attached hydrogens (tertiary/aromatic N) is 5. The molecule has 2 N–H and O–H groups in total. The van der Waals surface area contributed by atoms with E-state index in [1.54, 1.807) is 17.0 Å². The highest BCUT2D eigenvalue weighted by Crippen LogP contribution is 2.40. The van der Waals surface area contributed by atoms with Gasteiger partial charge in [-0.3, -0.25) is 10.3 Å². The van der Waals surface area contributed by atoms with Gasteiger partial charge in [0, 0.05) is 30.0 Å². The molecule has 5 heterocycles. The van der Waals surface area contributed by atoms with Gasteiger partial charge >= 0.3 is 12.1 Å². The molecule has 3 aromatic rings. The van der Waals surface area contributed by atoms with E-state index in [4.69, 9.17) is 4.98 Å². The fourth-order valence-corrected chi connectivity index (χ4v) is 5.91. The van der Waals surface area contributed by atoms with Gasteiger partial charge in [0.1, 0.15) is 0 Å². The molecule has 178 valence electrons. The number of aryl methyl sites for hydroxylation is 2. The SMILES string of the molecule is Cc1cc(-c2sc(NC(=O)N3C[C@H]4CC[C@@H]3CN4C(=O)O)nc2-c2cccc(C#N)c2)cc(C)n1.